The molecule has 0 radical (unpaired) electrons. The predicted octanol–water partition coefficient (Wildman–Crippen LogP) is 1.75. The van der Waals surface area contributed by atoms with Gasteiger partial charge in [0.15, 0.2) is 0 Å². The van der Waals surface area contributed by atoms with Gasteiger partial charge in [0.1, 0.15) is 0 Å². The maximum absolute atomic E-state index is 11.9. The van der Waals surface area contributed by atoms with Crippen molar-refractivity contribution in [2.24, 2.45) is 5.73 Å². The summed E-state index contributed by atoms with van der Waals surface area (Å²) in [5, 5.41) is 0. The molecule has 0 unspecified atom stereocenters. The van der Waals surface area contributed by atoms with Crippen LogP contribution in [0, 0.1) is 0 Å². The summed E-state index contributed by atoms with van der Waals surface area (Å²) >= 11 is 0. The molecule has 1 aliphatic rings. The molecule has 2 rings (SSSR count). The van der Waals surface area contributed by atoms with Crippen molar-refractivity contribution in [2.45, 2.75) is 19.4 Å². The zero-order chi connectivity index (χ0) is 12.6. The quantitative estimate of drug-likeness (QED) is 0.846. The Morgan fingerprint density at radius 1 is 1.29 bits per heavy atom. The zero-order valence-corrected chi connectivity index (χ0v) is 10.6. The average molecular weight is 233 g/mol. The summed E-state index contributed by atoms with van der Waals surface area (Å²) in [6.07, 6.45) is 0. The Kier molecular flexibility index (Phi) is 2.83. The first-order valence-electron chi connectivity index (χ1n) is 5.81. The average Bonchev–Trinajstić information content (AvgIpc) is 2.59. The smallest absolute Gasteiger partial charge is 0.324 e. The molecule has 0 saturated carbocycles. The van der Waals surface area contributed by atoms with Crippen LogP contribution in [0.4, 0.5) is 10.5 Å². The number of anilines is 1. The monoisotopic (exact) mass is 233 g/mol. The molecule has 2 amide bonds. The molecule has 17 heavy (non-hydrogen) atoms. The van der Waals surface area contributed by atoms with Crippen molar-refractivity contribution in [1.29, 1.82) is 0 Å². The van der Waals surface area contributed by atoms with Crippen molar-refractivity contribution in [3.05, 3.63) is 29.8 Å². The molecule has 2 N–H and O–H groups in total. The van der Waals surface area contributed by atoms with Gasteiger partial charge in [-0.3, -0.25) is 4.90 Å². The van der Waals surface area contributed by atoms with Crippen LogP contribution >= 0.6 is 0 Å². The lowest BCUT2D eigenvalue weighted by Crippen LogP contribution is -2.31. The molecule has 92 valence electrons. The van der Waals surface area contributed by atoms with Crippen molar-refractivity contribution < 1.29 is 4.79 Å². The zero-order valence-electron chi connectivity index (χ0n) is 10.6. The Morgan fingerprint density at radius 3 is 2.53 bits per heavy atom. The fourth-order valence-corrected chi connectivity index (χ4v) is 1.96. The second-order valence-corrected chi connectivity index (χ2v) is 5.13. The topological polar surface area (TPSA) is 49.6 Å². The van der Waals surface area contributed by atoms with Crippen LogP contribution in [0.2, 0.25) is 0 Å². The van der Waals surface area contributed by atoms with E-state index in [-0.39, 0.29) is 11.6 Å². The lowest BCUT2D eigenvalue weighted by atomic mass is 9.95. The largest absolute Gasteiger partial charge is 0.326 e. The van der Waals surface area contributed by atoms with Gasteiger partial charge in [-0.25, -0.2) is 4.79 Å². The molecule has 0 atom stereocenters. The van der Waals surface area contributed by atoms with E-state index in [9.17, 15) is 4.79 Å². The molecular formula is C13H19N3O. The first-order chi connectivity index (χ1) is 7.89. The van der Waals surface area contributed by atoms with E-state index < -0.39 is 0 Å². The van der Waals surface area contributed by atoms with Crippen molar-refractivity contribution in [2.75, 3.05) is 25.0 Å². The standard InChI is InChI=1S/C13H19N3O/c1-13(2,14)10-5-4-6-11(9-10)16-8-7-15(3)12(16)17/h4-6,9H,7-8,14H2,1-3H3. The molecule has 0 bridgehead atoms. The van der Waals surface area contributed by atoms with Crippen molar-refractivity contribution in [3.8, 4) is 0 Å². The second kappa shape index (κ2) is 4.04. The molecule has 4 heteroatoms. The third kappa shape index (κ3) is 2.26. The van der Waals surface area contributed by atoms with Crippen LogP contribution in [0.25, 0.3) is 0 Å². The van der Waals surface area contributed by atoms with E-state index in [0.29, 0.717) is 0 Å². The Labute approximate surface area is 102 Å². The fourth-order valence-electron chi connectivity index (χ4n) is 1.96. The first kappa shape index (κ1) is 11.9. The van der Waals surface area contributed by atoms with Gasteiger partial charge in [-0.1, -0.05) is 12.1 Å². The van der Waals surface area contributed by atoms with E-state index in [0.717, 1.165) is 24.3 Å². The van der Waals surface area contributed by atoms with Crippen molar-refractivity contribution >= 4 is 11.7 Å². The number of benzene rings is 1. The minimum Gasteiger partial charge on any atom is -0.326 e. The minimum absolute atomic E-state index is 0.0528. The molecule has 0 spiro atoms. The number of nitrogens with zero attached hydrogens (tertiary/aromatic N) is 2. The summed E-state index contributed by atoms with van der Waals surface area (Å²) in [5.41, 5.74) is 7.65. The van der Waals surface area contributed by atoms with Gasteiger partial charge in [-0.05, 0) is 31.5 Å². The van der Waals surface area contributed by atoms with E-state index in [2.05, 4.69) is 0 Å². The number of rotatable bonds is 2. The number of hydrogen-bond donors (Lipinski definition) is 1. The number of nitrogens with two attached hydrogens (primary N) is 1. The highest BCUT2D eigenvalue weighted by Gasteiger charge is 2.27. The van der Waals surface area contributed by atoms with E-state index in [1.165, 1.54) is 0 Å². The molecule has 1 saturated heterocycles. The molecular weight excluding hydrogens is 214 g/mol. The van der Waals surface area contributed by atoms with Gasteiger partial charge in [0, 0.05) is 31.4 Å². The van der Waals surface area contributed by atoms with Crippen LogP contribution in [0.5, 0.6) is 0 Å². The number of carbonyl (C=O) groups is 1. The summed E-state index contributed by atoms with van der Waals surface area (Å²) in [6.45, 7) is 5.44. The van der Waals surface area contributed by atoms with E-state index in [1.54, 1.807) is 9.80 Å². The number of carbonyl (C=O) groups excluding carboxylic acids is 1. The molecule has 1 fully saturated rings. The highest BCUT2D eigenvalue weighted by atomic mass is 16.2. The summed E-state index contributed by atoms with van der Waals surface area (Å²) in [7, 11) is 1.82. The molecule has 1 aromatic rings. The number of likely N-dealkylation sites (N-methyl/N-ethyl adjacent to an activating group) is 1. The highest BCUT2D eigenvalue weighted by molar-refractivity contribution is 5.94. The number of amides is 2. The fraction of sp³-hybridized carbons (Fsp3) is 0.462. The number of hydrogen-bond acceptors (Lipinski definition) is 2. The van der Waals surface area contributed by atoms with E-state index in [1.807, 2.05) is 45.2 Å². The summed E-state index contributed by atoms with van der Waals surface area (Å²) in [6, 6.07) is 7.94. The Balaban J connectivity index is 2.31. The minimum atomic E-state index is -0.384. The summed E-state index contributed by atoms with van der Waals surface area (Å²) in [5.74, 6) is 0. The first-order valence-corrected chi connectivity index (χ1v) is 5.81. The molecule has 1 aliphatic heterocycles. The van der Waals surface area contributed by atoms with Gasteiger partial charge < -0.3 is 10.6 Å². The van der Waals surface area contributed by atoms with E-state index >= 15 is 0 Å². The molecule has 1 heterocycles. The van der Waals surface area contributed by atoms with Gasteiger partial charge in [0.25, 0.3) is 0 Å². The lowest BCUT2D eigenvalue weighted by molar-refractivity contribution is 0.229. The molecule has 1 aromatic carbocycles. The van der Waals surface area contributed by atoms with Crippen molar-refractivity contribution in [1.82, 2.24) is 4.90 Å². The van der Waals surface area contributed by atoms with Crippen LogP contribution in [-0.2, 0) is 5.54 Å². The summed E-state index contributed by atoms with van der Waals surface area (Å²) in [4.78, 5) is 15.4. The van der Waals surface area contributed by atoms with Crippen LogP contribution in [0.15, 0.2) is 24.3 Å². The predicted molar refractivity (Wildman–Crippen MR) is 69.0 cm³/mol. The second-order valence-electron chi connectivity index (χ2n) is 5.13. The normalized spacial score (nSPS) is 16.8. The van der Waals surface area contributed by atoms with Gasteiger partial charge in [0.05, 0.1) is 0 Å². The third-order valence-electron chi connectivity index (χ3n) is 3.12. The van der Waals surface area contributed by atoms with Crippen LogP contribution in [0.3, 0.4) is 0 Å². The van der Waals surface area contributed by atoms with Crippen LogP contribution < -0.4 is 10.6 Å². The van der Waals surface area contributed by atoms with Crippen LogP contribution in [-0.4, -0.2) is 31.1 Å². The maximum Gasteiger partial charge on any atom is 0.324 e. The van der Waals surface area contributed by atoms with Gasteiger partial charge in [-0.2, -0.15) is 0 Å². The van der Waals surface area contributed by atoms with Crippen molar-refractivity contribution in [3.63, 3.8) is 0 Å². The molecule has 0 aliphatic carbocycles. The molecule has 0 aromatic heterocycles. The lowest BCUT2D eigenvalue weighted by Gasteiger charge is -2.22. The molecule has 4 nitrogen and oxygen atoms in total. The SMILES string of the molecule is CN1CCN(c2cccc(C(C)(C)N)c2)C1=O. The van der Waals surface area contributed by atoms with Gasteiger partial charge in [-0.15, -0.1) is 0 Å². The Bertz CT molecular complexity index is 437. The van der Waals surface area contributed by atoms with Gasteiger partial charge >= 0.3 is 6.03 Å². The Morgan fingerprint density at radius 2 is 2.00 bits per heavy atom. The Hall–Kier alpha value is -1.55. The maximum atomic E-state index is 11.9. The van der Waals surface area contributed by atoms with E-state index in [4.69, 9.17) is 5.73 Å². The summed E-state index contributed by atoms with van der Waals surface area (Å²) < 4.78 is 0. The van der Waals surface area contributed by atoms with Crippen LogP contribution in [0.1, 0.15) is 19.4 Å². The highest BCUT2D eigenvalue weighted by Crippen LogP contribution is 2.25. The van der Waals surface area contributed by atoms with Gasteiger partial charge in [0.2, 0.25) is 0 Å². The third-order valence-corrected chi connectivity index (χ3v) is 3.12. The number of urea groups is 1.